The number of rotatable bonds is 2. The molecule has 1 aromatic rings. The lowest BCUT2D eigenvalue weighted by atomic mass is 9.95. The van der Waals surface area contributed by atoms with Gasteiger partial charge in [0.1, 0.15) is 5.60 Å². The number of carbonyl (C=O) groups is 1. The number of hydrogen-bond acceptors (Lipinski definition) is 3. The van der Waals surface area contributed by atoms with E-state index in [4.69, 9.17) is 10.5 Å². The average molecular weight is 264 g/mol. The summed E-state index contributed by atoms with van der Waals surface area (Å²) in [6.07, 6.45) is -0.375. The summed E-state index contributed by atoms with van der Waals surface area (Å²) in [7, 11) is 1.69. The van der Waals surface area contributed by atoms with E-state index >= 15 is 0 Å². The topological polar surface area (TPSA) is 55.6 Å². The van der Waals surface area contributed by atoms with Crippen LogP contribution in [0.1, 0.15) is 40.2 Å². The monoisotopic (exact) mass is 264 g/mol. The lowest BCUT2D eigenvalue weighted by Crippen LogP contribution is -2.34. The van der Waals surface area contributed by atoms with Crippen LogP contribution >= 0.6 is 0 Å². The first-order valence-corrected chi connectivity index (χ1v) is 6.37. The van der Waals surface area contributed by atoms with E-state index in [1.54, 1.807) is 7.05 Å². The van der Waals surface area contributed by atoms with Gasteiger partial charge in [0.15, 0.2) is 0 Å². The highest BCUT2D eigenvalue weighted by atomic mass is 16.6. The summed E-state index contributed by atoms with van der Waals surface area (Å²) in [4.78, 5) is 13.5. The van der Waals surface area contributed by atoms with Crippen LogP contribution in [0.3, 0.4) is 0 Å². The van der Waals surface area contributed by atoms with Crippen LogP contribution in [-0.4, -0.2) is 18.7 Å². The first-order chi connectivity index (χ1) is 8.50. The summed E-state index contributed by atoms with van der Waals surface area (Å²) in [5, 5.41) is 0. The van der Waals surface area contributed by atoms with Gasteiger partial charge < -0.3 is 10.5 Å². The molecule has 19 heavy (non-hydrogen) atoms. The summed E-state index contributed by atoms with van der Waals surface area (Å²) >= 11 is 0. The Morgan fingerprint density at radius 1 is 1.21 bits per heavy atom. The Hall–Kier alpha value is -1.55. The van der Waals surface area contributed by atoms with Crippen LogP contribution in [-0.2, 0) is 10.3 Å². The lowest BCUT2D eigenvalue weighted by molar-refractivity contribution is 0.0589. The SMILES string of the molecule is CN(C(=O)OC(C)(C)C)c1cccc(C(C)(C)N)c1. The van der Waals surface area contributed by atoms with Crippen molar-refractivity contribution in [2.75, 3.05) is 11.9 Å². The highest BCUT2D eigenvalue weighted by molar-refractivity contribution is 5.87. The van der Waals surface area contributed by atoms with Crippen LogP contribution < -0.4 is 10.6 Å². The third-order valence-corrected chi connectivity index (χ3v) is 2.64. The first-order valence-electron chi connectivity index (χ1n) is 6.37. The molecule has 2 N–H and O–H groups in total. The Morgan fingerprint density at radius 2 is 1.79 bits per heavy atom. The standard InChI is InChI=1S/C15H24N2O2/c1-14(2,3)19-13(18)17(6)12-9-7-8-11(10-12)15(4,5)16/h7-10H,16H2,1-6H3. The quantitative estimate of drug-likeness (QED) is 0.892. The molecular formula is C15H24N2O2. The van der Waals surface area contributed by atoms with Gasteiger partial charge in [-0.1, -0.05) is 12.1 Å². The van der Waals surface area contributed by atoms with Crippen molar-refractivity contribution in [1.29, 1.82) is 0 Å². The second kappa shape index (κ2) is 5.21. The van der Waals surface area contributed by atoms with Gasteiger partial charge in [-0.2, -0.15) is 0 Å². The minimum Gasteiger partial charge on any atom is -0.443 e. The number of ether oxygens (including phenoxy) is 1. The zero-order chi connectivity index (χ0) is 14.8. The Kier molecular flexibility index (Phi) is 4.25. The van der Waals surface area contributed by atoms with E-state index in [0.29, 0.717) is 0 Å². The first kappa shape index (κ1) is 15.5. The molecule has 0 heterocycles. The largest absolute Gasteiger partial charge is 0.443 e. The molecule has 0 saturated carbocycles. The van der Waals surface area contributed by atoms with E-state index in [0.717, 1.165) is 11.3 Å². The molecular weight excluding hydrogens is 240 g/mol. The zero-order valence-electron chi connectivity index (χ0n) is 12.7. The maximum absolute atomic E-state index is 12.0. The molecule has 0 aromatic heterocycles. The third-order valence-electron chi connectivity index (χ3n) is 2.64. The number of benzene rings is 1. The van der Waals surface area contributed by atoms with Gasteiger partial charge in [-0.15, -0.1) is 0 Å². The van der Waals surface area contributed by atoms with Crippen molar-refractivity contribution in [3.63, 3.8) is 0 Å². The van der Waals surface area contributed by atoms with Gasteiger partial charge in [-0.05, 0) is 52.3 Å². The molecule has 0 aliphatic rings. The molecule has 0 atom stereocenters. The highest BCUT2D eigenvalue weighted by Crippen LogP contribution is 2.23. The van der Waals surface area contributed by atoms with Gasteiger partial charge in [0.05, 0.1) is 0 Å². The number of anilines is 1. The van der Waals surface area contributed by atoms with E-state index in [-0.39, 0.29) is 6.09 Å². The van der Waals surface area contributed by atoms with E-state index in [2.05, 4.69) is 0 Å². The molecule has 0 bridgehead atoms. The Bertz CT molecular complexity index is 456. The van der Waals surface area contributed by atoms with E-state index < -0.39 is 11.1 Å². The second-order valence-corrected chi connectivity index (χ2v) is 6.31. The van der Waals surface area contributed by atoms with Crippen molar-refractivity contribution in [3.8, 4) is 0 Å². The van der Waals surface area contributed by atoms with Crippen molar-refractivity contribution in [3.05, 3.63) is 29.8 Å². The zero-order valence-corrected chi connectivity index (χ0v) is 12.7. The van der Waals surface area contributed by atoms with Crippen LogP contribution in [0.2, 0.25) is 0 Å². The minimum absolute atomic E-state index is 0.375. The summed E-state index contributed by atoms with van der Waals surface area (Å²) < 4.78 is 5.34. The van der Waals surface area contributed by atoms with E-state index in [1.807, 2.05) is 58.9 Å². The lowest BCUT2D eigenvalue weighted by Gasteiger charge is -2.26. The predicted molar refractivity (Wildman–Crippen MR) is 78.3 cm³/mol. The second-order valence-electron chi connectivity index (χ2n) is 6.31. The summed E-state index contributed by atoms with van der Waals surface area (Å²) in [5.74, 6) is 0. The van der Waals surface area contributed by atoms with Crippen LogP contribution in [0.5, 0.6) is 0 Å². The average Bonchev–Trinajstić information content (AvgIpc) is 2.24. The van der Waals surface area contributed by atoms with Crippen LogP contribution in [0.15, 0.2) is 24.3 Å². The van der Waals surface area contributed by atoms with Gasteiger partial charge >= 0.3 is 6.09 Å². The number of carbonyl (C=O) groups excluding carboxylic acids is 1. The molecule has 0 fully saturated rings. The molecule has 1 amide bonds. The van der Waals surface area contributed by atoms with Crippen LogP contribution in [0, 0.1) is 0 Å². The Balaban J connectivity index is 2.95. The third kappa shape index (κ3) is 4.56. The molecule has 0 aliphatic heterocycles. The molecule has 0 radical (unpaired) electrons. The number of hydrogen-bond donors (Lipinski definition) is 1. The molecule has 1 rings (SSSR count). The predicted octanol–water partition coefficient (Wildman–Crippen LogP) is 3.25. The molecule has 4 heteroatoms. The van der Waals surface area contributed by atoms with E-state index in [1.165, 1.54) is 4.90 Å². The fourth-order valence-corrected chi connectivity index (χ4v) is 1.55. The number of amides is 1. The van der Waals surface area contributed by atoms with Gasteiger partial charge in [0, 0.05) is 18.3 Å². The molecule has 0 saturated heterocycles. The molecule has 0 aliphatic carbocycles. The molecule has 0 unspecified atom stereocenters. The Labute approximate surface area is 115 Å². The fraction of sp³-hybridized carbons (Fsp3) is 0.533. The number of nitrogens with two attached hydrogens (primary N) is 1. The van der Waals surface area contributed by atoms with Crippen molar-refractivity contribution in [2.24, 2.45) is 5.73 Å². The number of nitrogens with zero attached hydrogens (tertiary/aromatic N) is 1. The summed E-state index contributed by atoms with van der Waals surface area (Å²) in [6.45, 7) is 9.40. The minimum atomic E-state index is -0.504. The van der Waals surface area contributed by atoms with Crippen LogP contribution in [0.25, 0.3) is 0 Å². The highest BCUT2D eigenvalue weighted by Gasteiger charge is 2.22. The summed E-state index contributed by atoms with van der Waals surface area (Å²) in [6, 6.07) is 7.61. The molecule has 0 spiro atoms. The maximum Gasteiger partial charge on any atom is 0.414 e. The van der Waals surface area contributed by atoms with Gasteiger partial charge in [-0.25, -0.2) is 4.79 Å². The molecule has 1 aromatic carbocycles. The molecule has 106 valence electrons. The van der Waals surface area contributed by atoms with Gasteiger partial charge in [0.25, 0.3) is 0 Å². The Morgan fingerprint density at radius 3 is 2.26 bits per heavy atom. The normalized spacial score (nSPS) is 12.2. The molecule has 4 nitrogen and oxygen atoms in total. The van der Waals surface area contributed by atoms with Crippen molar-refractivity contribution in [1.82, 2.24) is 0 Å². The van der Waals surface area contributed by atoms with Crippen LogP contribution in [0.4, 0.5) is 10.5 Å². The van der Waals surface area contributed by atoms with E-state index in [9.17, 15) is 4.79 Å². The van der Waals surface area contributed by atoms with Gasteiger partial charge in [0.2, 0.25) is 0 Å². The van der Waals surface area contributed by atoms with Crippen molar-refractivity contribution >= 4 is 11.8 Å². The summed E-state index contributed by atoms with van der Waals surface area (Å²) in [5.41, 5.74) is 6.87. The van der Waals surface area contributed by atoms with Gasteiger partial charge in [-0.3, -0.25) is 4.90 Å². The smallest absolute Gasteiger partial charge is 0.414 e. The maximum atomic E-state index is 12.0. The fourth-order valence-electron chi connectivity index (χ4n) is 1.55. The van der Waals surface area contributed by atoms with Crippen molar-refractivity contribution in [2.45, 2.75) is 45.8 Å². The van der Waals surface area contributed by atoms with Crippen molar-refractivity contribution < 1.29 is 9.53 Å².